The van der Waals surface area contributed by atoms with Gasteiger partial charge < -0.3 is 4.98 Å². The maximum atomic E-state index is 12.8. The first-order valence-corrected chi connectivity index (χ1v) is 12.3. The maximum absolute atomic E-state index is 12.8. The van der Waals surface area contributed by atoms with Gasteiger partial charge in [-0.15, -0.1) is 22.7 Å². The molecule has 0 saturated carbocycles. The fourth-order valence-electron chi connectivity index (χ4n) is 3.51. The van der Waals surface area contributed by atoms with E-state index in [2.05, 4.69) is 15.0 Å². The second kappa shape index (κ2) is 7.74. The summed E-state index contributed by atoms with van der Waals surface area (Å²) in [6.45, 7) is 3.96. The normalized spacial score (nSPS) is 11.6. The van der Waals surface area contributed by atoms with Gasteiger partial charge in [-0.3, -0.25) is 14.2 Å². The van der Waals surface area contributed by atoms with Gasteiger partial charge in [-0.2, -0.15) is 0 Å². The van der Waals surface area contributed by atoms with E-state index in [1.807, 2.05) is 49.6 Å². The minimum absolute atomic E-state index is 0.0444. The summed E-state index contributed by atoms with van der Waals surface area (Å²) < 4.78 is 1.57. The molecule has 4 aromatic heterocycles. The number of thiophene rings is 2. The van der Waals surface area contributed by atoms with Crippen LogP contribution in [0.2, 0.25) is 0 Å². The highest BCUT2D eigenvalue weighted by Gasteiger charge is 2.16. The molecule has 0 radical (unpaired) electrons. The fraction of sp³-hybridized carbons (Fsp3) is 0.182. The van der Waals surface area contributed by atoms with Gasteiger partial charge in [-0.1, -0.05) is 42.1 Å². The lowest BCUT2D eigenvalue weighted by Gasteiger charge is -2.07. The third-order valence-corrected chi connectivity index (χ3v) is 8.30. The zero-order chi connectivity index (χ0) is 21.7. The Balaban J connectivity index is 1.49. The van der Waals surface area contributed by atoms with Crippen LogP contribution in [0.4, 0.5) is 0 Å². The Kier molecular flexibility index (Phi) is 5.04. The number of aromatic nitrogens is 4. The molecule has 9 heteroatoms. The lowest BCUT2D eigenvalue weighted by Crippen LogP contribution is -2.20. The topological polar surface area (TPSA) is 80.6 Å². The molecule has 0 aliphatic rings. The number of benzene rings is 1. The van der Waals surface area contributed by atoms with Gasteiger partial charge in [0, 0.05) is 22.9 Å². The molecule has 0 aliphatic carbocycles. The van der Waals surface area contributed by atoms with Crippen LogP contribution in [0.15, 0.2) is 50.5 Å². The van der Waals surface area contributed by atoms with Crippen molar-refractivity contribution in [1.82, 2.24) is 19.5 Å². The molecule has 4 heterocycles. The van der Waals surface area contributed by atoms with Crippen molar-refractivity contribution in [2.24, 2.45) is 7.05 Å². The van der Waals surface area contributed by atoms with E-state index in [0.717, 1.165) is 26.4 Å². The molecular weight excluding hydrogens is 448 g/mol. The van der Waals surface area contributed by atoms with Gasteiger partial charge in [0.05, 0.1) is 16.5 Å². The minimum Gasteiger partial charge on any atom is -0.309 e. The Bertz CT molecular complexity index is 1560. The van der Waals surface area contributed by atoms with Crippen LogP contribution in [0.3, 0.4) is 0 Å². The zero-order valence-corrected chi connectivity index (χ0v) is 19.5. The molecule has 5 aromatic rings. The molecule has 0 atom stereocenters. The number of hydrogen-bond donors (Lipinski definition) is 1. The predicted octanol–water partition coefficient (Wildman–Crippen LogP) is 4.87. The van der Waals surface area contributed by atoms with Crippen molar-refractivity contribution in [2.75, 3.05) is 0 Å². The number of hydrogen-bond acceptors (Lipinski definition) is 7. The number of aromatic amines is 1. The van der Waals surface area contributed by atoms with Gasteiger partial charge in [-0.25, -0.2) is 9.97 Å². The molecule has 31 heavy (non-hydrogen) atoms. The first-order chi connectivity index (χ1) is 14.9. The molecule has 156 valence electrons. The fourth-order valence-corrected chi connectivity index (χ4v) is 6.39. The molecule has 1 N–H and O–H groups in total. The summed E-state index contributed by atoms with van der Waals surface area (Å²) in [5.74, 6) is 0.982. The maximum Gasteiger partial charge on any atom is 0.262 e. The summed E-state index contributed by atoms with van der Waals surface area (Å²) in [5.41, 5.74) is 2.69. The van der Waals surface area contributed by atoms with Gasteiger partial charge >= 0.3 is 0 Å². The quantitative estimate of drug-likeness (QED) is 0.302. The number of nitrogens with one attached hydrogen (secondary N) is 1. The molecule has 0 fully saturated rings. The van der Waals surface area contributed by atoms with E-state index in [0.29, 0.717) is 32.3 Å². The second-order valence-corrected chi connectivity index (χ2v) is 10.2. The van der Waals surface area contributed by atoms with Gasteiger partial charge in [0.25, 0.3) is 11.1 Å². The van der Waals surface area contributed by atoms with Crippen LogP contribution in [0.25, 0.3) is 31.6 Å². The third kappa shape index (κ3) is 3.42. The molecule has 0 saturated heterocycles. The van der Waals surface area contributed by atoms with Crippen molar-refractivity contribution < 1.29 is 0 Å². The Morgan fingerprint density at radius 3 is 2.61 bits per heavy atom. The van der Waals surface area contributed by atoms with E-state index in [4.69, 9.17) is 0 Å². The molecule has 0 spiro atoms. The number of fused-ring (bicyclic) bond motifs is 2. The number of nitrogens with zero attached hydrogens (tertiary/aromatic N) is 3. The largest absolute Gasteiger partial charge is 0.309 e. The standard InChI is InChI=1S/C22H18N4O2S3/c1-11-12(2)31-20-16(11)21(28)26(3)22(25-20)30-10-15-23-18(27)17-14(9-29-19(17)24-15)13-7-5-4-6-8-13/h4-9H,10H2,1-3H3,(H,23,24,27). The molecule has 0 amide bonds. The first-order valence-electron chi connectivity index (χ1n) is 9.59. The third-order valence-electron chi connectivity index (χ3n) is 5.29. The van der Waals surface area contributed by atoms with E-state index in [-0.39, 0.29) is 11.1 Å². The van der Waals surface area contributed by atoms with Crippen LogP contribution < -0.4 is 11.1 Å². The van der Waals surface area contributed by atoms with Gasteiger partial charge in [0.15, 0.2) is 5.16 Å². The molecule has 6 nitrogen and oxygen atoms in total. The average molecular weight is 467 g/mol. The zero-order valence-electron chi connectivity index (χ0n) is 17.1. The summed E-state index contributed by atoms with van der Waals surface area (Å²) in [6, 6.07) is 9.84. The summed E-state index contributed by atoms with van der Waals surface area (Å²) in [7, 11) is 1.73. The SMILES string of the molecule is Cc1sc2nc(SCc3nc4scc(-c5ccccc5)c4c(=O)[nH]3)n(C)c(=O)c2c1C. The minimum atomic E-state index is -0.150. The van der Waals surface area contributed by atoms with E-state index in [1.165, 1.54) is 34.4 Å². The Morgan fingerprint density at radius 1 is 1.06 bits per heavy atom. The molecule has 0 bridgehead atoms. The predicted molar refractivity (Wildman–Crippen MR) is 130 cm³/mol. The summed E-state index contributed by atoms with van der Waals surface area (Å²) >= 11 is 4.39. The van der Waals surface area contributed by atoms with Gasteiger partial charge in [0.2, 0.25) is 0 Å². The van der Waals surface area contributed by atoms with Crippen molar-refractivity contribution in [1.29, 1.82) is 0 Å². The Hall–Kier alpha value is -2.75. The summed E-state index contributed by atoms with van der Waals surface area (Å²) in [6.07, 6.45) is 0. The monoisotopic (exact) mass is 466 g/mol. The van der Waals surface area contributed by atoms with Gasteiger partial charge in [-0.05, 0) is 25.0 Å². The van der Waals surface area contributed by atoms with Crippen molar-refractivity contribution in [3.63, 3.8) is 0 Å². The van der Waals surface area contributed by atoms with Crippen LogP contribution in [-0.2, 0) is 12.8 Å². The van der Waals surface area contributed by atoms with Crippen molar-refractivity contribution in [3.05, 3.63) is 72.7 Å². The summed E-state index contributed by atoms with van der Waals surface area (Å²) in [5, 5.41) is 3.88. The molecule has 0 unspecified atom stereocenters. The lowest BCUT2D eigenvalue weighted by molar-refractivity contribution is 0.727. The van der Waals surface area contributed by atoms with Gasteiger partial charge in [0.1, 0.15) is 15.5 Å². The number of H-pyrrole nitrogens is 1. The Morgan fingerprint density at radius 2 is 1.84 bits per heavy atom. The van der Waals surface area contributed by atoms with Crippen molar-refractivity contribution in [2.45, 2.75) is 24.8 Å². The van der Waals surface area contributed by atoms with Crippen molar-refractivity contribution in [3.8, 4) is 11.1 Å². The number of rotatable bonds is 4. The molecule has 1 aromatic carbocycles. The molecular formula is C22H18N4O2S3. The van der Waals surface area contributed by atoms with Crippen molar-refractivity contribution >= 4 is 54.9 Å². The second-order valence-electron chi connectivity index (χ2n) is 7.22. The van der Waals surface area contributed by atoms with E-state index < -0.39 is 0 Å². The molecule has 0 aliphatic heterocycles. The van der Waals surface area contributed by atoms with Crippen LogP contribution in [-0.4, -0.2) is 19.5 Å². The average Bonchev–Trinajstić information content (AvgIpc) is 3.32. The van der Waals surface area contributed by atoms with E-state index >= 15 is 0 Å². The van der Waals surface area contributed by atoms with Crippen LogP contribution in [0.5, 0.6) is 0 Å². The van der Waals surface area contributed by atoms with Crippen LogP contribution in [0.1, 0.15) is 16.3 Å². The summed E-state index contributed by atoms with van der Waals surface area (Å²) in [4.78, 5) is 40.5. The molecule has 5 rings (SSSR count). The highest BCUT2D eigenvalue weighted by molar-refractivity contribution is 7.98. The number of aryl methyl sites for hydroxylation is 2. The smallest absolute Gasteiger partial charge is 0.262 e. The first kappa shape index (κ1) is 20.2. The lowest BCUT2D eigenvalue weighted by atomic mass is 10.1. The van der Waals surface area contributed by atoms with Crippen LogP contribution in [0, 0.1) is 13.8 Å². The number of thioether (sulfide) groups is 1. The highest BCUT2D eigenvalue weighted by Crippen LogP contribution is 2.32. The van der Waals surface area contributed by atoms with Crippen LogP contribution >= 0.6 is 34.4 Å². The van der Waals surface area contributed by atoms with E-state index in [1.54, 1.807) is 11.6 Å². The highest BCUT2D eigenvalue weighted by atomic mass is 32.2. The van der Waals surface area contributed by atoms with E-state index in [9.17, 15) is 9.59 Å². The Labute approximate surface area is 189 Å².